The Labute approximate surface area is 136 Å². The zero-order valence-corrected chi connectivity index (χ0v) is 13.4. The summed E-state index contributed by atoms with van der Waals surface area (Å²) in [5.41, 5.74) is 1.64. The van der Waals surface area contributed by atoms with Gasteiger partial charge < -0.3 is 20.5 Å². The Morgan fingerprint density at radius 2 is 2.13 bits per heavy atom. The van der Waals surface area contributed by atoms with Crippen LogP contribution in [0.2, 0.25) is 0 Å². The summed E-state index contributed by atoms with van der Waals surface area (Å²) < 4.78 is 5.17. The van der Waals surface area contributed by atoms with Gasteiger partial charge in [-0.1, -0.05) is 6.07 Å². The number of nitrogens with one attached hydrogen (secondary N) is 2. The zero-order chi connectivity index (χ0) is 16.5. The van der Waals surface area contributed by atoms with Crippen molar-refractivity contribution in [1.82, 2.24) is 15.6 Å². The highest BCUT2D eigenvalue weighted by atomic mass is 16.5. The Balaban J connectivity index is 2.03. The quantitative estimate of drug-likeness (QED) is 0.562. The molecule has 23 heavy (non-hydrogen) atoms. The minimum absolute atomic E-state index is 0.204. The highest BCUT2D eigenvalue weighted by Gasteiger charge is 2.04. The Hall–Kier alpha value is -2.76. The number of guanidine groups is 1. The van der Waals surface area contributed by atoms with Crippen molar-refractivity contribution in [3.8, 4) is 11.5 Å². The lowest BCUT2D eigenvalue weighted by molar-refractivity contribution is 0.411. The Morgan fingerprint density at radius 1 is 1.26 bits per heavy atom. The predicted molar refractivity (Wildman–Crippen MR) is 90.6 cm³/mol. The van der Waals surface area contributed by atoms with Crippen LogP contribution in [0.3, 0.4) is 0 Å². The molecule has 0 radical (unpaired) electrons. The minimum Gasteiger partial charge on any atom is -0.508 e. The van der Waals surface area contributed by atoms with Gasteiger partial charge in [0.25, 0.3) is 0 Å². The molecule has 3 N–H and O–H groups in total. The molecule has 0 bridgehead atoms. The van der Waals surface area contributed by atoms with Crippen LogP contribution in [0.15, 0.2) is 47.6 Å². The minimum atomic E-state index is 0.204. The number of aromatic nitrogens is 1. The Bertz CT molecular complexity index is 644. The first-order valence-electron chi connectivity index (χ1n) is 7.51. The molecule has 0 aliphatic heterocycles. The summed E-state index contributed by atoms with van der Waals surface area (Å²) in [7, 11) is 1.60. The number of hydrogen-bond donors (Lipinski definition) is 3. The molecular formula is C17H22N4O2. The van der Waals surface area contributed by atoms with E-state index in [1.54, 1.807) is 31.5 Å². The maximum Gasteiger partial charge on any atom is 0.191 e. The number of aliphatic imine (C=N–C) groups is 1. The van der Waals surface area contributed by atoms with Crippen LogP contribution in [0.5, 0.6) is 11.5 Å². The van der Waals surface area contributed by atoms with Crippen LogP contribution in [0.1, 0.15) is 18.2 Å². The maximum absolute atomic E-state index is 9.91. The van der Waals surface area contributed by atoms with E-state index < -0.39 is 0 Å². The number of hydrogen-bond acceptors (Lipinski definition) is 4. The molecule has 0 fully saturated rings. The Kier molecular flexibility index (Phi) is 6.23. The van der Waals surface area contributed by atoms with Crippen LogP contribution in [0.25, 0.3) is 0 Å². The topological polar surface area (TPSA) is 78.8 Å². The number of aromatic hydroxyl groups is 1. The number of pyridine rings is 1. The number of benzene rings is 1. The first kappa shape index (κ1) is 16.6. The van der Waals surface area contributed by atoms with Crippen LogP contribution < -0.4 is 15.4 Å². The summed E-state index contributed by atoms with van der Waals surface area (Å²) >= 11 is 0. The van der Waals surface area contributed by atoms with Gasteiger partial charge in [0, 0.05) is 18.3 Å². The smallest absolute Gasteiger partial charge is 0.191 e. The fourth-order valence-electron chi connectivity index (χ4n) is 2.00. The van der Waals surface area contributed by atoms with Crippen LogP contribution in [-0.4, -0.2) is 29.7 Å². The molecule has 122 valence electrons. The van der Waals surface area contributed by atoms with Gasteiger partial charge in [-0.05, 0) is 37.3 Å². The molecule has 0 aliphatic carbocycles. The predicted octanol–water partition coefficient (Wildman–Crippen LogP) is 2.05. The fourth-order valence-corrected chi connectivity index (χ4v) is 2.00. The molecule has 1 aromatic heterocycles. The van der Waals surface area contributed by atoms with Crippen LogP contribution in [0, 0.1) is 0 Å². The van der Waals surface area contributed by atoms with Crippen LogP contribution >= 0.6 is 0 Å². The summed E-state index contributed by atoms with van der Waals surface area (Å²) in [4.78, 5) is 8.75. The molecule has 1 aromatic carbocycles. The van der Waals surface area contributed by atoms with E-state index in [4.69, 9.17) is 4.74 Å². The molecule has 0 aliphatic rings. The van der Waals surface area contributed by atoms with Crippen molar-refractivity contribution in [1.29, 1.82) is 0 Å². The van der Waals surface area contributed by atoms with E-state index >= 15 is 0 Å². The monoisotopic (exact) mass is 314 g/mol. The van der Waals surface area contributed by atoms with Gasteiger partial charge in [-0.15, -0.1) is 0 Å². The standard InChI is InChI=1S/C17H22N4O2/c1-3-18-17(21-12-14-6-4-5-9-19-14)20-11-13-10-15(23-2)7-8-16(13)22/h4-10,22H,3,11-12H2,1-2H3,(H2,18,20,21). The van der Waals surface area contributed by atoms with E-state index in [0.29, 0.717) is 30.4 Å². The maximum atomic E-state index is 9.91. The molecule has 0 saturated heterocycles. The summed E-state index contributed by atoms with van der Waals surface area (Å²) in [5.74, 6) is 1.56. The van der Waals surface area contributed by atoms with Gasteiger partial charge in [0.05, 0.1) is 25.9 Å². The molecule has 6 nitrogen and oxygen atoms in total. The fraction of sp³-hybridized carbons (Fsp3) is 0.294. The molecule has 2 rings (SSSR count). The number of rotatable bonds is 6. The van der Waals surface area contributed by atoms with E-state index in [9.17, 15) is 5.11 Å². The molecule has 0 amide bonds. The summed E-state index contributed by atoms with van der Waals surface area (Å²) in [6.45, 7) is 3.68. The molecule has 0 spiro atoms. The van der Waals surface area contributed by atoms with Gasteiger partial charge in [0.15, 0.2) is 5.96 Å². The average Bonchev–Trinajstić information content (AvgIpc) is 2.59. The molecule has 0 atom stereocenters. The van der Waals surface area contributed by atoms with Crippen molar-refractivity contribution in [2.45, 2.75) is 20.0 Å². The van der Waals surface area contributed by atoms with Gasteiger partial charge in [0.1, 0.15) is 11.5 Å². The lowest BCUT2D eigenvalue weighted by atomic mass is 10.2. The lowest BCUT2D eigenvalue weighted by Gasteiger charge is -2.11. The SMILES string of the molecule is CCNC(=NCc1cc(OC)ccc1O)NCc1ccccn1. The van der Waals surface area contributed by atoms with Crippen molar-refractivity contribution in [2.75, 3.05) is 13.7 Å². The molecule has 1 heterocycles. The molecular weight excluding hydrogens is 292 g/mol. The van der Waals surface area contributed by atoms with E-state index in [0.717, 1.165) is 12.2 Å². The largest absolute Gasteiger partial charge is 0.508 e. The number of methoxy groups -OCH3 is 1. The normalized spacial score (nSPS) is 11.1. The van der Waals surface area contributed by atoms with Crippen molar-refractivity contribution in [3.63, 3.8) is 0 Å². The lowest BCUT2D eigenvalue weighted by Crippen LogP contribution is -2.37. The van der Waals surface area contributed by atoms with E-state index in [1.807, 2.05) is 25.1 Å². The van der Waals surface area contributed by atoms with Crippen molar-refractivity contribution < 1.29 is 9.84 Å². The van der Waals surface area contributed by atoms with Crippen molar-refractivity contribution >= 4 is 5.96 Å². The van der Waals surface area contributed by atoms with Gasteiger partial charge in [-0.3, -0.25) is 4.98 Å². The summed E-state index contributed by atoms with van der Waals surface area (Å²) in [6, 6.07) is 10.9. The zero-order valence-electron chi connectivity index (χ0n) is 13.4. The molecule has 0 saturated carbocycles. The Morgan fingerprint density at radius 3 is 2.83 bits per heavy atom. The van der Waals surface area contributed by atoms with E-state index in [-0.39, 0.29) is 5.75 Å². The van der Waals surface area contributed by atoms with Crippen molar-refractivity contribution in [3.05, 3.63) is 53.9 Å². The van der Waals surface area contributed by atoms with E-state index in [2.05, 4.69) is 20.6 Å². The number of nitrogens with zero attached hydrogens (tertiary/aromatic N) is 2. The summed E-state index contributed by atoms with van der Waals surface area (Å²) in [6.07, 6.45) is 1.76. The second-order valence-corrected chi connectivity index (χ2v) is 4.86. The van der Waals surface area contributed by atoms with E-state index in [1.165, 1.54) is 0 Å². The van der Waals surface area contributed by atoms with Crippen LogP contribution in [0.4, 0.5) is 0 Å². The number of phenols is 1. The third kappa shape index (κ3) is 5.18. The number of ether oxygens (including phenoxy) is 1. The highest BCUT2D eigenvalue weighted by Crippen LogP contribution is 2.23. The van der Waals surface area contributed by atoms with Gasteiger partial charge in [-0.25, -0.2) is 4.99 Å². The van der Waals surface area contributed by atoms with Crippen molar-refractivity contribution in [2.24, 2.45) is 4.99 Å². The van der Waals surface area contributed by atoms with Gasteiger partial charge in [-0.2, -0.15) is 0 Å². The highest BCUT2D eigenvalue weighted by molar-refractivity contribution is 5.79. The third-order valence-corrected chi connectivity index (χ3v) is 3.20. The van der Waals surface area contributed by atoms with Gasteiger partial charge >= 0.3 is 0 Å². The number of phenolic OH excluding ortho intramolecular Hbond substituents is 1. The average molecular weight is 314 g/mol. The first-order chi connectivity index (χ1) is 11.2. The summed E-state index contributed by atoms with van der Waals surface area (Å²) in [5, 5.41) is 16.3. The molecule has 6 heteroatoms. The molecule has 0 unspecified atom stereocenters. The second kappa shape index (κ2) is 8.63. The molecule has 2 aromatic rings. The third-order valence-electron chi connectivity index (χ3n) is 3.20. The van der Waals surface area contributed by atoms with Gasteiger partial charge in [0.2, 0.25) is 0 Å². The second-order valence-electron chi connectivity index (χ2n) is 4.86. The first-order valence-corrected chi connectivity index (χ1v) is 7.51. The van der Waals surface area contributed by atoms with Crippen LogP contribution in [-0.2, 0) is 13.1 Å².